The van der Waals surface area contributed by atoms with Crippen LogP contribution in [0, 0.1) is 5.41 Å². The minimum absolute atomic E-state index is 0.0187. The lowest BCUT2D eigenvalue weighted by atomic mass is 9.89. The molecule has 0 aromatic rings. The summed E-state index contributed by atoms with van der Waals surface area (Å²) in [5.41, 5.74) is -0.950. The standard InChI is InChI=1S/C12H19NO3/c1-12(2)9(14)10(15)13(11(12)16)8-6-4-3-5-7-8/h8-9,14H,3-7H2,1-2H3/t9-/m0/s1. The minimum Gasteiger partial charge on any atom is -0.382 e. The second-order valence-electron chi connectivity index (χ2n) is 5.43. The Kier molecular flexibility index (Phi) is 2.78. The fourth-order valence-corrected chi connectivity index (χ4v) is 2.65. The number of likely N-dealkylation sites (tertiary alicyclic amines) is 1. The number of aliphatic hydroxyl groups excluding tert-OH is 1. The molecule has 2 rings (SSSR count). The summed E-state index contributed by atoms with van der Waals surface area (Å²) in [6, 6.07) is 0.0187. The van der Waals surface area contributed by atoms with Crippen LogP contribution in [0.15, 0.2) is 0 Å². The first-order valence-electron chi connectivity index (χ1n) is 6.02. The zero-order valence-electron chi connectivity index (χ0n) is 9.90. The molecule has 0 aromatic heterocycles. The average Bonchev–Trinajstić information content (AvgIpc) is 2.42. The Morgan fingerprint density at radius 3 is 2.19 bits per heavy atom. The highest BCUT2D eigenvalue weighted by Gasteiger charge is 2.54. The topological polar surface area (TPSA) is 57.6 Å². The van der Waals surface area contributed by atoms with Gasteiger partial charge in [0, 0.05) is 6.04 Å². The predicted octanol–water partition coefficient (Wildman–Crippen LogP) is 1.07. The van der Waals surface area contributed by atoms with Gasteiger partial charge in [0.25, 0.3) is 5.91 Å². The molecule has 1 saturated carbocycles. The summed E-state index contributed by atoms with van der Waals surface area (Å²) in [5, 5.41) is 9.78. The first-order chi connectivity index (χ1) is 7.46. The summed E-state index contributed by atoms with van der Waals surface area (Å²) in [7, 11) is 0. The second kappa shape index (κ2) is 3.84. The molecule has 0 bridgehead atoms. The van der Waals surface area contributed by atoms with E-state index in [-0.39, 0.29) is 11.9 Å². The molecular formula is C12H19NO3. The smallest absolute Gasteiger partial charge is 0.259 e. The van der Waals surface area contributed by atoms with Crippen molar-refractivity contribution in [2.45, 2.75) is 58.1 Å². The Hall–Kier alpha value is -0.900. The third kappa shape index (κ3) is 1.56. The van der Waals surface area contributed by atoms with E-state index in [0.29, 0.717) is 0 Å². The molecular weight excluding hydrogens is 206 g/mol. The van der Waals surface area contributed by atoms with Gasteiger partial charge in [-0.25, -0.2) is 0 Å². The molecule has 1 heterocycles. The Morgan fingerprint density at radius 1 is 1.19 bits per heavy atom. The summed E-state index contributed by atoms with van der Waals surface area (Å²) >= 11 is 0. The van der Waals surface area contributed by atoms with Gasteiger partial charge in [0.1, 0.15) is 6.10 Å². The van der Waals surface area contributed by atoms with Crippen molar-refractivity contribution in [3.05, 3.63) is 0 Å². The van der Waals surface area contributed by atoms with Crippen molar-refractivity contribution in [3.8, 4) is 0 Å². The van der Waals surface area contributed by atoms with Crippen LogP contribution in [-0.2, 0) is 9.59 Å². The van der Waals surface area contributed by atoms with Crippen LogP contribution < -0.4 is 0 Å². The van der Waals surface area contributed by atoms with E-state index >= 15 is 0 Å². The van der Waals surface area contributed by atoms with E-state index in [9.17, 15) is 14.7 Å². The van der Waals surface area contributed by atoms with Crippen molar-refractivity contribution in [2.75, 3.05) is 0 Å². The molecule has 1 aliphatic carbocycles. The molecule has 0 spiro atoms. The van der Waals surface area contributed by atoms with Gasteiger partial charge < -0.3 is 5.11 Å². The number of nitrogens with zero attached hydrogens (tertiary/aromatic N) is 1. The Labute approximate surface area is 95.6 Å². The van der Waals surface area contributed by atoms with Gasteiger partial charge in [0.2, 0.25) is 5.91 Å². The summed E-state index contributed by atoms with van der Waals surface area (Å²) in [6.45, 7) is 3.28. The van der Waals surface area contributed by atoms with E-state index in [4.69, 9.17) is 0 Å². The summed E-state index contributed by atoms with van der Waals surface area (Å²) < 4.78 is 0. The number of amides is 2. The number of rotatable bonds is 1. The lowest BCUT2D eigenvalue weighted by molar-refractivity contribution is -0.144. The van der Waals surface area contributed by atoms with Crippen molar-refractivity contribution >= 4 is 11.8 Å². The number of hydrogen-bond donors (Lipinski definition) is 1. The SMILES string of the molecule is CC1(C)C(=O)N(C2CCCCC2)C(=O)[C@@H]1O. The highest BCUT2D eigenvalue weighted by Crippen LogP contribution is 2.36. The van der Waals surface area contributed by atoms with Crippen molar-refractivity contribution < 1.29 is 14.7 Å². The Morgan fingerprint density at radius 2 is 1.75 bits per heavy atom. The van der Waals surface area contributed by atoms with Gasteiger partial charge in [-0.2, -0.15) is 0 Å². The molecule has 2 aliphatic rings. The zero-order valence-corrected chi connectivity index (χ0v) is 9.90. The van der Waals surface area contributed by atoms with Gasteiger partial charge in [0.05, 0.1) is 5.41 Å². The number of aliphatic hydroxyl groups is 1. The molecule has 1 aliphatic heterocycles. The first kappa shape index (κ1) is 11.6. The molecule has 0 radical (unpaired) electrons. The largest absolute Gasteiger partial charge is 0.382 e. The quantitative estimate of drug-likeness (QED) is 0.679. The maximum absolute atomic E-state index is 12.1. The number of carbonyl (C=O) groups is 2. The monoisotopic (exact) mass is 225 g/mol. The predicted molar refractivity (Wildman–Crippen MR) is 58.5 cm³/mol. The maximum Gasteiger partial charge on any atom is 0.259 e. The highest BCUT2D eigenvalue weighted by molar-refractivity contribution is 6.08. The van der Waals surface area contributed by atoms with E-state index in [2.05, 4.69) is 0 Å². The molecule has 1 atom stereocenters. The van der Waals surface area contributed by atoms with Crippen molar-refractivity contribution in [1.29, 1.82) is 0 Å². The number of imide groups is 1. The summed E-state index contributed by atoms with van der Waals surface area (Å²) in [4.78, 5) is 25.3. The molecule has 0 aromatic carbocycles. The molecule has 4 heteroatoms. The van der Waals surface area contributed by atoms with E-state index < -0.39 is 17.4 Å². The van der Waals surface area contributed by atoms with Crippen LogP contribution in [0.1, 0.15) is 46.0 Å². The van der Waals surface area contributed by atoms with E-state index in [1.54, 1.807) is 13.8 Å². The van der Waals surface area contributed by atoms with Gasteiger partial charge in [-0.3, -0.25) is 14.5 Å². The molecule has 1 N–H and O–H groups in total. The molecule has 1 saturated heterocycles. The normalized spacial score (nSPS) is 31.2. The van der Waals surface area contributed by atoms with Crippen LogP contribution in [0.2, 0.25) is 0 Å². The highest BCUT2D eigenvalue weighted by atomic mass is 16.3. The molecule has 90 valence electrons. The molecule has 2 fully saturated rings. The fourth-order valence-electron chi connectivity index (χ4n) is 2.65. The third-order valence-corrected chi connectivity index (χ3v) is 3.86. The van der Waals surface area contributed by atoms with Crippen LogP contribution in [0.25, 0.3) is 0 Å². The molecule has 0 unspecified atom stereocenters. The van der Waals surface area contributed by atoms with Gasteiger partial charge in [-0.1, -0.05) is 19.3 Å². The van der Waals surface area contributed by atoms with Crippen LogP contribution in [0.4, 0.5) is 0 Å². The number of carbonyl (C=O) groups excluding carboxylic acids is 2. The van der Waals surface area contributed by atoms with E-state index in [1.807, 2.05) is 0 Å². The second-order valence-corrected chi connectivity index (χ2v) is 5.43. The van der Waals surface area contributed by atoms with E-state index in [0.717, 1.165) is 25.7 Å². The Bertz CT molecular complexity index is 318. The molecule has 2 amide bonds. The van der Waals surface area contributed by atoms with Gasteiger partial charge in [-0.15, -0.1) is 0 Å². The molecule has 4 nitrogen and oxygen atoms in total. The van der Waals surface area contributed by atoms with Crippen LogP contribution in [0.5, 0.6) is 0 Å². The van der Waals surface area contributed by atoms with Crippen LogP contribution in [-0.4, -0.2) is 34.0 Å². The summed E-state index contributed by atoms with van der Waals surface area (Å²) in [5.74, 6) is -0.612. The maximum atomic E-state index is 12.1. The van der Waals surface area contributed by atoms with Crippen molar-refractivity contribution in [1.82, 2.24) is 4.90 Å². The van der Waals surface area contributed by atoms with Gasteiger partial charge >= 0.3 is 0 Å². The zero-order chi connectivity index (χ0) is 11.9. The number of hydrogen-bond acceptors (Lipinski definition) is 3. The third-order valence-electron chi connectivity index (χ3n) is 3.86. The van der Waals surface area contributed by atoms with Crippen LogP contribution >= 0.6 is 0 Å². The van der Waals surface area contributed by atoms with Crippen molar-refractivity contribution in [2.24, 2.45) is 5.41 Å². The summed E-state index contributed by atoms with van der Waals surface area (Å²) in [6.07, 6.45) is 3.93. The van der Waals surface area contributed by atoms with Crippen LogP contribution in [0.3, 0.4) is 0 Å². The lowest BCUT2D eigenvalue weighted by Gasteiger charge is -2.30. The van der Waals surface area contributed by atoms with Gasteiger partial charge in [0.15, 0.2) is 0 Å². The van der Waals surface area contributed by atoms with Crippen molar-refractivity contribution in [3.63, 3.8) is 0 Å². The Balaban J connectivity index is 2.22. The lowest BCUT2D eigenvalue weighted by Crippen LogP contribution is -2.42. The minimum atomic E-state index is -1.16. The molecule has 16 heavy (non-hydrogen) atoms. The fraction of sp³-hybridized carbons (Fsp3) is 0.833. The average molecular weight is 225 g/mol. The van der Waals surface area contributed by atoms with E-state index in [1.165, 1.54) is 11.3 Å². The first-order valence-corrected chi connectivity index (χ1v) is 6.02. The van der Waals surface area contributed by atoms with Gasteiger partial charge in [-0.05, 0) is 26.7 Å².